The number of rotatable bonds is 6. The molecule has 0 bridgehead atoms. The van der Waals surface area contributed by atoms with E-state index in [1.807, 2.05) is 45.0 Å². The summed E-state index contributed by atoms with van der Waals surface area (Å²) in [6.45, 7) is 7.35. The monoisotopic (exact) mass is 250 g/mol. The first kappa shape index (κ1) is 14.5. The molecule has 4 heteroatoms. The molecule has 0 aliphatic carbocycles. The van der Waals surface area contributed by atoms with Crippen molar-refractivity contribution in [1.29, 1.82) is 0 Å². The number of nitrogens with two attached hydrogens (primary N) is 1. The molecule has 0 aliphatic rings. The van der Waals surface area contributed by atoms with Crippen molar-refractivity contribution in [3.8, 4) is 5.75 Å². The highest BCUT2D eigenvalue weighted by Gasteiger charge is 2.10. The molecule has 1 aromatic rings. The van der Waals surface area contributed by atoms with Crippen molar-refractivity contribution in [2.45, 2.75) is 26.8 Å². The third-order valence-corrected chi connectivity index (χ3v) is 2.88. The SMILES string of the molecule is CCN(CC)C(=O)COc1ccc(C(C)N)cc1. The molecule has 0 radical (unpaired) electrons. The summed E-state index contributed by atoms with van der Waals surface area (Å²) < 4.78 is 5.46. The number of amides is 1. The Morgan fingerprint density at radius 3 is 2.28 bits per heavy atom. The third-order valence-electron chi connectivity index (χ3n) is 2.88. The first-order valence-electron chi connectivity index (χ1n) is 6.34. The first-order valence-corrected chi connectivity index (χ1v) is 6.34. The van der Waals surface area contributed by atoms with E-state index < -0.39 is 0 Å². The van der Waals surface area contributed by atoms with Crippen LogP contribution in [-0.4, -0.2) is 30.5 Å². The normalized spacial score (nSPS) is 12.0. The molecule has 0 saturated carbocycles. The fourth-order valence-corrected chi connectivity index (χ4v) is 1.68. The van der Waals surface area contributed by atoms with Gasteiger partial charge in [0.1, 0.15) is 5.75 Å². The Balaban J connectivity index is 2.51. The number of hydrogen-bond donors (Lipinski definition) is 1. The highest BCUT2D eigenvalue weighted by atomic mass is 16.5. The van der Waals surface area contributed by atoms with Gasteiger partial charge in [-0.25, -0.2) is 0 Å². The zero-order chi connectivity index (χ0) is 13.5. The second-order valence-corrected chi connectivity index (χ2v) is 4.21. The van der Waals surface area contributed by atoms with Crippen LogP contribution in [0.5, 0.6) is 5.75 Å². The Kier molecular flexibility index (Phi) is 5.65. The number of benzene rings is 1. The molecule has 4 nitrogen and oxygen atoms in total. The van der Waals surface area contributed by atoms with Crippen LogP contribution < -0.4 is 10.5 Å². The molecular weight excluding hydrogens is 228 g/mol. The lowest BCUT2D eigenvalue weighted by atomic mass is 10.1. The molecule has 1 amide bonds. The zero-order valence-corrected chi connectivity index (χ0v) is 11.3. The Morgan fingerprint density at radius 1 is 1.28 bits per heavy atom. The summed E-state index contributed by atoms with van der Waals surface area (Å²) in [5.41, 5.74) is 6.81. The lowest BCUT2D eigenvalue weighted by molar-refractivity contribution is -0.132. The van der Waals surface area contributed by atoms with Crippen LogP contribution in [0.25, 0.3) is 0 Å². The van der Waals surface area contributed by atoms with E-state index in [4.69, 9.17) is 10.5 Å². The minimum atomic E-state index is 0.0104. The molecule has 1 unspecified atom stereocenters. The fraction of sp³-hybridized carbons (Fsp3) is 0.500. The molecule has 0 spiro atoms. The second-order valence-electron chi connectivity index (χ2n) is 4.21. The van der Waals surface area contributed by atoms with E-state index in [1.54, 1.807) is 4.90 Å². The predicted octanol–water partition coefficient (Wildman–Crippen LogP) is 1.95. The number of ether oxygens (including phenoxy) is 1. The van der Waals surface area contributed by atoms with E-state index in [1.165, 1.54) is 0 Å². The van der Waals surface area contributed by atoms with Crippen LogP contribution in [0.15, 0.2) is 24.3 Å². The Labute approximate surface area is 109 Å². The molecule has 0 aliphatic heterocycles. The van der Waals surface area contributed by atoms with Crippen molar-refractivity contribution in [1.82, 2.24) is 4.90 Å². The first-order chi connectivity index (χ1) is 8.58. The van der Waals surface area contributed by atoms with Crippen molar-refractivity contribution in [3.63, 3.8) is 0 Å². The minimum absolute atomic E-state index is 0.0104. The molecule has 18 heavy (non-hydrogen) atoms. The van der Waals surface area contributed by atoms with E-state index >= 15 is 0 Å². The summed E-state index contributed by atoms with van der Waals surface area (Å²) in [6.07, 6.45) is 0. The highest BCUT2D eigenvalue weighted by molar-refractivity contribution is 5.77. The third kappa shape index (κ3) is 4.04. The molecule has 0 aromatic heterocycles. The number of carbonyl (C=O) groups is 1. The van der Waals surface area contributed by atoms with Gasteiger partial charge in [-0.1, -0.05) is 12.1 Å². The number of hydrogen-bond acceptors (Lipinski definition) is 3. The topological polar surface area (TPSA) is 55.6 Å². The molecule has 2 N–H and O–H groups in total. The molecule has 0 fully saturated rings. The van der Waals surface area contributed by atoms with Crippen molar-refractivity contribution < 1.29 is 9.53 Å². The minimum Gasteiger partial charge on any atom is -0.484 e. The quantitative estimate of drug-likeness (QED) is 0.839. The summed E-state index contributed by atoms with van der Waals surface area (Å²) in [7, 11) is 0. The van der Waals surface area contributed by atoms with Gasteiger partial charge in [0, 0.05) is 19.1 Å². The van der Waals surface area contributed by atoms with Gasteiger partial charge in [0.15, 0.2) is 6.61 Å². The summed E-state index contributed by atoms with van der Waals surface area (Å²) in [4.78, 5) is 13.5. The van der Waals surface area contributed by atoms with Crippen LogP contribution in [0.3, 0.4) is 0 Å². The largest absolute Gasteiger partial charge is 0.484 e. The van der Waals surface area contributed by atoms with E-state index in [9.17, 15) is 4.79 Å². The highest BCUT2D eigenvalue weighted by Crippen LogP contribution is 2.16. The van der Waals surface area contributed by atoms with E-state index in [0.717, 1.165) is 5.56 Å². The maximum atomic E-state index is 11.7. The van der Waals surface area contributed by atoms with E-state index in [0.29, 0.717) is 18.8 Å². The fourth-order valence-electron chi connectivity index (χ4n) is 1.68. The average molecular weight is 250 g/mol. The van der Waals surface area contributed by atoms with Crippen molar-refractivity contribution in [3.05, 3.63) is 29.8 Å². The molecule has 100 valence electrons. The van der Waals surface area contributed by atoms with Crippen molar-refractivity contribution in [2.24, 2.45) is 5.73 Å². The summed E-state index contributed by atoms with van der Waals surface area (Å²) in [5, 5.41) is 0. The van der Waals surface area contributed by atoms with Gasteiger partial charge >= 0.3 is 0 Å². The van der Waals surface area contributed by atoms with Crippen molar-refractivity contribution in [2.75, 3.05) is 19.7 Å². The van der Waals surface area contributed by atoms with Gasteiger partial charge in [0.25, 0.3) is 5.91 Å². The maximum absolute atomic E-state index is 11.7. The van der Waals surface area contributed by atoms with Crippen LogP contribution in [0, 0.1) is 0 Å². The van der Waals surface area contributed by atoms with Crippen LogP contribution in [0.2, 0.25) is 0 Å². The van der Waals surface area contributed by atoms with Gasteiger partial charge in [-0.15, -0.1) is 0 Å². The molecular formula is C14H22N2O2. The van der Waals surface area contributed by atoms with Crippen LogP contribution in [0.4, 0.5) is 0 Å². The summed E-state index contributed by atoms with van der Waals surface area (Å²) >= 11 is 0. The predicted molar refractivity (Wildman–Crippen MR) is 72.5 cm³/mol. The lowest BCUT2D eigenvalue weighted by Crippen LogP contribution is -2.34. The van der Waals surface area contributed by atoms with Gasteiger partial charge in [-0.3, -0.25) is 4.79 Å². The van der Waals surface area contributed by atoms with Gasteiger partial charge in [0.05, 0.1) is 0 Å². The molecule has 1 aromatic carbocycles. The Hall–Kier alpha value is -1.55. The maximum Gasteiger partial charge on any atom is 0.260 e. The molecule has 1 atom stereocenters. The summed E-state index contributed by atoms with van der Waals surface area (Å²) in [5.74, 6) is 0.705. The second kappa shape index (κ2) is 7.01. The number of likely N-dealkylation sites (N-methyl/N-ethyl adjacent to an activating group) is 1. The lowest BCUT2D eigenvalue weighted by Gasteiger charge is -2.18. The zero-order valence-electron chi connectivity index (χ0n) is 11.3. The van der Waals surface area contributed by atoms with Crippen LogP contribution in [-0.2, 0) is 4.79 Å². The van der Waals surface area contributed by atoms with Crippen LogP contribution in [0.1, 0.15) is 32.4 Å². The van der Waals surface area contributed by atoms with E-state index in [2.05, 4.69) is 0 Å². The van der Waals surface area contributed by atoms with Gasteiger partial charge in [-0.05, 0) is 38.5 Å². The number of carbonyl (C=O) groups excluding carboxylic acids is 1. The van der Waals surface area contributed by atoms with E-state index in [-0.39, 0.29) is 18.6 Å². The smallest absolute Gasteiger partial charge is 0.260 e. The number of nitrogens with zero attached hydrogens (tertiary/aromatic N) is 1. The molecule has 0 heterocycles. The van der Waals surface area contributed by atoms with Gasteiger partial charge < -0.3 is 15.4 Å². The molecule has 1 rings (SSSR count). The Bertz CT molecular complexity index is 370. The van der Waals surface area contributed by atoms with Crippen molar-refractivity contribution >= 4 is 5.91 Å². The standard InChI is InChI=1S/C14H22N2O2/c1-4-16(5-2)14(17)10-18-13-8-6-12(7-9-13)11(3)15/h6-9,11H,4-5,10,15H2,1-3H3. The molecule has 0 saturated heterocycles. The van der Waals surface area contributed by atoms with Crippen LogP contribution >= 0.6 is 0 Å². The summed E-state index contributed by atoms with van der Waals surface area (Å²) in [6, 6.07) is 7.53. The Morgan fingerprint density at radius 2 is 1.83 bits per heavy atom. The van der Waals surface area contributed by atoms with Gasteiger partial charge in [0.2, 0.25) is 0 Å². The average Bonchev–Trinajstić information content (AvgIpc) is 2.38. The van der Waals surface area contributed by atoms with Gasteiger partial charge in [-0.2, -0.15) is 0 Å².